The second-order valence-electron chi connectivity index (χ2n) is 6.08. The predicted octanol–water partition coefficient (Wildman–Crippen LogP) is 1.12. The lowest BCUT2D eigenvalue weighted by Gasteiger charge is -2.28. The van der Waals surface area contributed by atoms with Crippen molar-refractivity contribution in [2.24, 2.45) is 0 Å². The Hall–Kier alpha value is -2.00. The van der Waals surface area contributed by atoms with Gasteiger partial charge in [-0.1, -0.05) is 0 Å². The van der Waals surface area contributed by atoms with Crippen molar-refractivity contribution in [1.29, 1.82) is 0 Å². The van der Waals surface area contributed by atoms with Gasteiger partial charge < -0.3 is 15.0 Å². The van der Waals surface area contributed by atoms with Gasteiger partial charge in [0.15, 0.2) is 0 Å². The second kappa shape index (κ2) is 8.20. The highest BCUT2D eigenvalue weighted by molar-refractivity contribution is 5.70. The first-order chi connectivity index (χ1) is 11.8. The number of anilines is 2. The van der Waals surface area contributed by atoms with Crippen LogP contribution in [0.15, 0.2) is 6.33 Å². The number of hydrogen-bond acceptors (Lipinski definition) is 8. The largest absolute Gasteiger partial charge is 0.379 e. The minimum absolute atomic E-state index is 0.0126. The molecule has 0 amide bonds. The summed E-state index contributed by atoms with van der Waals surface area (Å²) < 4.78 is 5.32. The Bertz CT molecular complexity index is 558. The minimum atomic E-state index is -0.374. The van der Waals surface area contributed by atoms with E-state index in [2.05, 4.69) is 20.2 Å². The maximum atomic E-state index is 11.6. The third kappa shape index (κ3) is 4.09. The lowest BCUT2D eigenvalue weighted by atomic mass is 10.1. The highest BCUT2D eigenvalue weighted by Gasteiger charge is 2.27. The van der Waals surface area contributed by atoms with Crippen LogP contribution in [0.2, 0.25) is 0 Å². The van der Waals surface area contributed by atoms with Crippen LogP contribution in [0.3, 0.4) is 0 Å². The molecular formula is C15H24N6O3. The number of nitrogens with zero attached hydrogens (tertiary/aromatic N) is 5. The molecule has 1 aromatic rings. The molecule has 1 aromatic heterocycles. The molecule has 1 N–H and O–H groups in total. The molecule has 2 aliphatic rings. The fraction of sp³-hybridized carbons (Fsp3) is 0.733. The first-order valence-electron chi connectivity index (χ1n) is 8.54. The van der Waals surface area contributed by atoms with Gasteiger partial charge in [-0.25, -0.2) is 9.97 Å². The molecule has 0 bridgehead atoms. The molecule has 2 saturated heterocycles. The van der Waals surface area contributed by atoms with Gasteiger partial charge in [0.05, 0.1) is 18.1 Å². The molecular weight excluding hydrogens is 312 g/mol. The third-order valence-corrected chi connectivity index (χ3v) is 4.47. The maximum Gasteiger partial charge on any atom is 0.353 e. The quantitative estimate of drug-likeness (QED) is 0.610. The first kappa shape index (κ1) is 16.8. The van der Waals surface area contributed by atoms with Gasteiger partial charge in [-0.15, -0.1) is 0 Å². The van der Waals surface area contributed by atoms with Crippen LogP contribution in [0.25, 0.3) is 0 Å². The average molecular weight is 336 g/mol. The van der Waals surface area contributed by atoms with Crippen molar-refractivity contribution in [1.82, 2.24) is 14.9 Å². The van der Waals surface area contributed by atoms with E-state index in [4.69, 9.17) is 4.74 Å². The molecule has 0 radical (unpaired) electrons. The number of ether oxygens (including phenoxy) is 1. The maximum absolute atomic E-state index is 11.6. The number of rotatable bonds is 6. The molecule has 3 rings (SSSR count). The van der Waals surface area contributed by atoms with Crippen LogP contribution in [0, 0.1) is 10.1 Å². The van der Waals surface area contributed by atoms with E-state index in [1.807, 2.05) is 4.90 Å². The van der Waals surface area contributed by atoms with Gasteiger partial charge in [0, 0.05) is 39.3 Å². The summed E-state index contributed by atoms with van der Waals surface area (Å²) in [6, 6.07) is 0. The Morgan fingerprint density at radius 2 is 1.92 bits per heavy atom. The van der Waals surface area contributed by atoms with Crippen molar-refractivity contribution in [2.45, 2.75) is 19.3 Å². The molecule has 3 heterocycles. The van der Waals surface area contributed by atoms with Crippen LogP contribution in [0.1, 0.15) is 19.3 Å². The van der Waals surface area contributed by atoms with E-state index in [9.17, 15) is 10.1 Å². The van der Waals surface area contributed by atoms with Crippen LogP contribution < -0.4 is 10.2 Å². The lowest BCUT2D eigenvalue weighted by molar-refractivity contribution is -0.383. The van der Waals surface area contributed by atoms with E-state index in [1.165, 1.54) is 12.7 Å². The lowest BCUT2D eigenvalue weighted by Crippen LogP contribution is -2.39. The second-order valence-corrected chi connectivity index (χ2v) is 6.08. The normalized spacial score (nSPS) is 19.2. The molecule has 0 atom stereocenters. The fourth-order valence-corrected chi connectivity index (χ4v) is 3.16. The van der Waals surface area contributed by atoms with Crippen LogP contribution in [0.5, 0.6) is 0 Å². The Morgan fingerprint density at radius 3 is 2.62 bits per heavy atom. The fourth-order valence-electron chi connectivity index (χ4n) is 3.16. The summed E-state index contributed by atoms with van der Waals surface area (Å²) in [6.45, 7) is 6.32. The molecule has 0 unspecified atom stereocenters. The summed E-state index contributed by atoms with van der Waals surface area (Å²) in [5, 5.41) is 14.7. The molecule has 24 heavy (non-hydrogen) atoms. The smallest absolute Gasteiger partial charge is 0.353 e. The third-order valence-electron chi connectivity index (χ3n) is 4.47. The predicted molar refractivity (Wildman–Crippen MR) is 90.5 cm³/mol. The number of nitrogens with one attached hydrogen (secondary N) is 1. The summed E-state index contributed by atoms with van der Waals surface area (Å²) in [4.78, 5) is 23.8. The van der Waals surface area contributed by atoms with E-state index in [0.717, 1.165) is 58.8 Å². The molecule has 132 valence electrons. The minimum Gasteiger partial charge on any atom is -0.379 e. The van der Waals surface area contributed by atoms with Crippen LogP contribution >= 0.6 is 0 Å². The number of morpholine rings is 1. The van der Waals surface area contributed by atoms with Gasteiger partial charge in [0.2, 0.25) is 11.6 Å². The van der Waals surface area contributed by atoms with Gasteiger partial charge in [-0.2, -0.15) is 0 Å². The zero-order chi connectivity index (χ0) is 16.8. The average Bonchev–Trinajstić information content (AvgIpc) is 2.63. The molecule has 0 saturated carbocycles. The molecule has 9 nitrogen and oxygen atoms in total. The summed E-state index contributed by atoms with van der Waals surface area (Å²) in [5.41, 5.74) is -0.0126. The van der Waals surface area contributed by atoms with E-state index < -0.39 is 0 Å². The monoisotopic (exact) mass is 336 g/mol. The SMILES string of the molecule is O=[N+]([O-])c1c(NCCN2CCOCC2)ncnc1N1CCCCC1. The molecule has 0 aliphatic carbocycles. The van der Waals surface area contributed by atoms with Crippen molar-refractivity contribution in [3.05, 3.63) is 16.4 Å². The number of nitro groups is 1. The Balaban J connectivity index is 1.68. The van der Waals surface area contributed by atoms with E-state index >= 15 is 0 Å². The van der Waals surface area contributed by atoms with Gasteiger partial charge in [0.25, 0.3) is 0 Å². The van der Waals surface area contributed by atoms with Gasteiger partial charge in [0.1, 0.15) is 6.33 Å². The number of aromatic nitrogens is 2. The van der Waals surface area contributed by atoms with Gasteiger partial charge in [-0.05, 0) is 19.3 Å². The summed E-state index contributed by atoms with van der Waals surface area (Å²) in [7, 11) is 0. The molecule has 2 aliphatic heterocycles. The van der Waals surface area contributed by atoms with Crippen molar-refractivity contribution < 1.29 is 9.66 Å². The van der Waals surface area contributed by atoms with E-state index in [-0.39, 0.29) is 10.6 Å². The standard InChI is InChI=1S/C15H24N6O3/c22-21(23)13-14(16-4-7-19-8-10-24-11-9-19)17-12-18-15(13)20-5-2-1-3-6-20/h12H,1-11H2,(H,16,17,18). The Kier molecular flexibility index (Phi) is 5.76. The molecule has 0 spiro atoms. The van der Waals surface area contributed by atoms with E-state index in [0.29, 0.717) is 18.2 Å². The molecule has 0 aromatic carbocycles. The van der Waals surface area contributed by atoms with Crippen molar-refractivity contribution >= 4 is 17.3 Å². The zero-order valence-electron chi connectivity index (χ0n) is 13.8. The Morgan fingerprint density at radius 1 is 1.17 bits per heavy atom. The Labute approximate surface area is 141 Å². The van der Waals surface area contributed by atoms with Crippen molar-refractivity contribution in [2.75, 3.05) is 62.7 Å². The van der Waals surface area contributed by atoms with Crippen LogP contribution in [-0.4, -0.2) is 72.3 Å². The number of hydrogen-bond donors (Lipinski definition) is 1. The van der Waals surface area contributed by atoms with Gasteiger partial charge >= 0.3 is 5.69 Å². The van der Waals surface area contributed by atoms with Crippen LogP contribution in [-0.2, 0) is 4.74 Å². The van der Waals surface area contributed by atoms with Crippen LogP contribution in [0.4, 0.5) is 17.3 Å². The molecule has 9 heteroatoms. The van der Waals surface area contributed by atoms with Gasteiger partial charge in [-0.3, -0.25) is 15.0 Å². The highest BCUT2D eigenvalue weighted by Crippen LogP contribution is 2.33. The zero-order valence-corrected chi connectivity index (χ0v) is 13.8. The van der Waals surface area contributed by atoms with Crippen molar-refractivity contribution in [3.63, 3.8) is 0 Å². The molecule has 2 fully saturated rings. The first-order valence-corrected chi connectivity index (χ1v) is 8.54. The summed E-state index contributed by atoms with van der Waals surface area (Å²) in [5.74, 6) is 0.743. The summed E-state index contributed by atoms with van der Waals surface area (Å²) in [6.07, 6.45) is 4.66. The number of piperidine rings is 1. The van der Waals surface area contributed by atoms with Crippen molar-refractivity contribution in [3.8, 4) is 0 Å². The summed E-state index contributed by atoms with van der Waals surface area (Å²) >= 11 is 0. The topological polar surface area (TPSA) is 96.7 Å². The van der Waals surface area contributed by atoms with E-state index in [1.54, 1.807) is 0 Å². The highest BCUT2D eigenvalue weighted by atomic mass is 16.6.